The molecule has 0 saturated carbocycles. The zero-order valence-corrected chi connectivity index (χ0v) is 16.9. The first-order valence-corrected chi connectivity index (χ1v) is 10.6. The van der Waals surface area contributed by atoms with Crippen molar-refractivity contribution in [2.75, 3.05) is 27.2 Å². The number of likely N-dealkylation sites (N-methyl/N-ethyl adjacent to an activating group) is 1. The van der Waals surface area contributed by atoms with E-state index in [9.17, 15) is 8.42 Å². The van der Waals surface area contributed by atoms with Crippen molar-refractivity contribution in [2.45, 2.75) is 4.21 Å². The number of rotatable bonds is 6. The number of sulfonamides is 1. The van der Waals surface area contributed by atoms with Crippen molar-refractivity contribution in [1.29, 1.82) is 0 Å². The van der Waals surface area contributed by atoms with Gasteiger partial charge in [0.15, 0.2) is 0 Å². The third-order valence-electron chi connectivity index (χ3n) is 3.53. The zero-order valence-electron chi connectivity index (χ0n) is 13.7. The van der Waals surface area contributed by atoms with E-state index < -0.39 is 10.0 Å². The highest BCUT2D eigenvalue weighted by atomic mass is 79.9. The maximum atomic E-state index is 12.4. The van der Waals surface area contributed by atoms with Crippen LogP contribution < -0.4 is 4.72 Å². The first-order chi connectivity index (χ1) is 11.9. The van der Waals surface area contributed by atoms with Crippen molar-refractivity contribution >= 4 is 48.2 Å². The summed E-state index contributed by atoms with van der Waals surface area (Å²) in [5.41, 5.74) is 1.54. The molecule has 9 heteroatoms. The van der Waals surface area contributed by atoms with E-state index in [0.29, 0.717) is 13.1 Å². The summed E-state index contributed by atoms with van der Waals surface area (Å²) in [5, 5.41) is 0.878. The van der Waals surface area contributed by atoms with E-state index in [4.69, 9.17) is 0 Å². The average molecular weight is 441 g/mol. The van der Waals surface area contributed by atoms with Crippen LogP contribution in [-0.4, -0.2) is 50.5 Å². The van der Waals surface area contributed by atoms with Gasteiger partial charge in [-0.05, 0) is 44.4 Å². The number of thiophene rings is 1. The molecule has 0 atom stereocenters. The number of fused-ring (bicyclic) bond motifs is 1. The lowest BCUT2D eigenvalue weighted by atomic mass is 10.1. The van der Waals surface area contributed by atoms with Gasteiger partial charge < -0.3 is 4.90 Å². The molecule has 0 fully saturated rings. The molecule has 0 unspecified atom stereocenters. The first kappa shape index (κ1) is 18.4. The Hall–Kier alpha value is -1.39. The Balaban J connectivity index is 1.93. The quantitative estimate of drug-likeness (QED) is 0.637. The van der Waals surface area contributed by atoms with Gasteiger partial charge in [-0.2, -0.15) is 0 Å². The molecule has 0 saturated heterocycles. The minimum Gasteiger partial charge on any atom is -0.308 e. The van der Waals surface area contributed by atoms with Crippen LogP contribution in [0.25, 0.3) is 21.5 Å². The van der Waals surface area contributed by atoms with Crippen molar-refractivity contribution in [3.05, 3.63) is 41.1 Å². The van der Waals surface area contributed by atoms with Gasteiger partial charge >= 0.3 is 0 Å². The Morgan fingerprint density at radius 2 is 2.00 bits per heavy atom. The SMILES string of the molecule is CN(C)CCNS(=O)(=O)c1ccc(-c2ncnc3ccc(Br)cc23)s1. The van der Waals surface area contributed by atoms with Crippen LogP contribution in [0.15, 0.2) is 45.3 Å². The van der Waals surface area contributed by atoms with Crippen molar-refractivity contribution < 1.29 is 8.42 Å². The Bertz CT molecular complexity index is 1000. The van der Waals surface area contributed by atoms with Gasteiger partial charge in [0.2, 0.25) is 10.0 Å². The Morgan fingerprint density at radius 3 is 2.76 bits per heavy atom. The van der Waals surface area contributed by atoms with Crippen molar-refractivity contribution in [2.24, 2.45) is 0 Å². The Kier molecular flexibility index (Phi) is 5.49. The van der Waals surface area contributed by atoms with Crippen molar-refractivity contribution in [1.82, 2.24) is 19.6 Å². The second-order valence-electron chi connectivity index (χ2n) is 5.70. The molecule has 2 heterocycles. The second-order valence-corrected chi connectivity index (χ2v) is 9.70. The molecule has 1 aromatic carbocycles. The van der Waals surface area contributed by atoms with E-state index in [1.807, 2.05) is 37.2 Å². The van der Waals surface area contributed by atoms with E-state index in [0.717, 1.165) is 25.9 Å². The fourth-order valence-electron chi connectivity index (χ4n) is 2.29. The molecule has 0 amide bonds. The predicted molar refractivity (Wildman–Crippen MR) is 104 cm³/mol. The second kappa shape index (κ2) is 7.46. The summed E-state index contributed by atoms with van der Waals surface area (Å²) in [4.78, 5) is 11.3. The summed E-state index contributed by atoms with van der Waals surface area (Å²) in [6.07, 6.45) is 1.49. The van der Waals surface area contributed by atoms with Crippen LogP contribution in [0.3, 0.4) is 0 Å². The third-order valence-corrected chi connectivity index (χ3v) is 7.07. The van der Waals surface area contributed by atoms with Gasteiger partial charge in [0, 0.05) is 22.9 Å². The fraction of sp³-hybridized carbons (Fsp3) is 0.250. The fourth-order valence-corrected chi connectivity index (χ4v) is 5.04. The zero-order chi connectivity index (χ0) is 18.0. The van der Waals surface area contributed by atoms with Gasteiger partial charge in [-0.3, -0.25) is 0 Å². The molecule has 0 aliphatic rings. The highest BCUT2D eigenvalue weighted by molar-refractivity contribution is 9.10. The highest BCUT2D eigenvalue weighted by Crippen LogP contribution is 2.34. The van der Waals surface area contributed by atoms with Gasteiger partial charge in [0.05, 0.1) is 16.1 Å². The van der Waals surface area contributed by atoms with Gasteiger partial charge in [-0.25, -0.2) is 23.1 Å². The molecule has 0 aliphatic heterocycles. The third kappa shape index (κ3) is 4.24. The largest absolute Gasteiger partial charge is 0.308 e. The molecular weight excluding hydrogens is 424 g/mol. The molecule has 132 valence electrons. The summed E-state index contributed by atoms with van der Waals surface area (Å²) in [5.74, 6) is 0. The number of hydrogen-bond acceptors (Lipinski definition) is 6. The summed E-state index contributed by atoms with van der Waals surface area (Å²) < 4.78 is 28.7. The van der Waals surface area contributed by atoms with Crippen LogP contribution in [0.4, 0.5) is 0 Å². The maximum absolute atomic E-state index is 12.4. The van der Waals surface area contributed by atoms with Crippen LogP contribution in [0, 0.1) is 0 Å². The van der Waals surface area contributed by atoms with Crippen LogP contribution in [0.2, 0.25) is 0 Å². The molecule has 2 aromatic heterocycles. The monoisotopic (exact) mass is 440 g/mol. The minimum absolute atomic E-state index is 0.281. The van der Waals surface area contributed by atoms with Crippen molar-refractivity contribution in [3.63, 3.8) is 0 Å². The van der Waals surface area contributed by atoms with E-state index >= 15 is 0 Å². The van der Waals surface area contributed by atoms with E-state index in [2.05, 4.69) is 30.6 Å². The minimum atomic E-state index is -3.52. The number of aromatic nitrogens is 2. The average Bonchev–Trinajstić information content (AvgIpc) is 3.04. The van der Waals surface area contributed by atoms with Gasteiger partial charge in [0.1, 0.15) is 10.5 Å². The van der Waals surface area contributed by atoms with E-state index in [-0.39, 0.29) is 4.21 Å². The molecule has 0 radical (unpaired) electrons. The van der Waals surface area contributed by atoms with Crippen molar-refractivity contribution in [3.8, 4) is 10.6 Å². The van der Waals surface area contributed by atoms with Crippen LogP contribution >= 0.6 is 27.3 Å². The van der Waals surface area contributed by atoms with Crippen LogP contribution in [0.5, 0.6) is 0 Å². The molecule has 0 spiro atoms. The van der Waals surface area contributed by atoms with Crippen LogP contribution in [0.1, 0.15) is 0 Å². The molecule has 0 aliphatic carbocycles. The highest BCUT2D eigenvalue weighted by Gasteiger charge is 2.18. The number of benzene rings is 1. The lowest BCUT2D eigenvalue weighted by Crippen LogP contribution is -2.30. The molecule has 25 heavy (non-hydrogen) atoms. The van der Waals surface area contributed by atoms with E-state index in [1.165, 1.54) is 17.7 Å². The first-order valence-electron chi connectivity index (χ1n) is 7.52. The number of nitrogens with zero attached hydrogens (tertiary/aromatic N) is 3. The lowest BCUT2D eigenvalue weighted by Gasteiger charge is -2.09. The topological polar surface area (TPSA) is 75.2 Å². The summed E-state index contributed by atoms with van der Waals surface area (Å²) in [7, 11) is 0.282. The molecule has 3 aromatic rings. The Morgan fingerprint density at radius 1 is 1.20 bits per heavy atom. The van der Waals surface area contributed by atoms with Gasteiger partial charge in [0.25, 0.3) is 0 Å². The molecule has 6 nitrogen and oxygen atoms in total. The molecule has 3 rings (SSSR count). The number of hydrogen-bond donors (Lipinski definition) is 1. The lowest BCUT2D eigenvalue weighted by molar-refractivity contribution is 0.412. The normalized spacial score (nSPS) is 12.2. The summed E-state index contributed by atoms with van der Waals surface area (Å²) in [6.45, 7) is 1.01. The smallest absolute Gasteiger partial charge is 0.250 e. The standard InChI is InChI=1S/C16H17BrN4O2S2/c1-21(2)8-7-20-25(22,23)15-6-5-14(24-15)16-12-9-11(17)3-4-13(12)18-10-19-16/h3-6,9-10,20H,7-8H2,1-2H3. The summed E-state index contributed by atoms with van der Waals surface area (Å²) >= 11 is 4.66. The van der Waals surface area contributed by atoms with E-state index in [1.54, 1.807) is 12.1 Å². The number of nitrogens with one attached hydrogen (secondary N) is 1. The maximum Gasteiger partial charge on any atom is 0.250 e. The molecule has 1 N–H and O–H groups in total. The van der Waals surface area contributed by atoms with Crippen LogP contribution in [-0.2, 0) is 10.0 Å². The van der Waals surface area contributed by atoms with Gasteiger partial charge in [-0.1, -0.05) is 15.9 Å². The molecule has 0 bridgehead atoms. The van der Waals surface area contributed by atoms with Gasteiger partial charge in [-0.15, -0.1) is 11.3 Å². The Labute approximate surface area is 159 Å². The number of halogens is 1. The summed E-state index contributed by atoms with van der Waals surface area (Å²) in [6, 6.07) is 9.16. The molecular formula is C16H17BrN4O2S2. The predicted octanol–water partition coefficient (Wildman–Crippen LogP) is 2.96.